The van der Waals surface area contributed by atoms with Crippen LogP contribution in [0.4, 0.5) is 45.8 Å². The molecule has 7 aromatic rings. The van der Waals surface area contributed by atoms with Gasteiger partial charge in [0.25, 0.3) is 0 Å². The molecule has 0 saturated carbocycles. The minimum atomic E-state index is 0.734. The van der Waals surface area contributed by atoms with Crippen molar-refractivity contribution >= 4 is 55.5 Å². The molecular formula is C42H33ClN7ORu. The Morgan fingerprint density at radius 3 is 1.21 bits per heavy atom. The van der Waals surface area contributed by atoms with Crippen LogP contribution in [0.3, 0.4) is 0 Å². The van der Waals surface area contributed by atoms with Crippen LogP contribution >= 0.6 is 9.69 Å². The molecule has 5 heterocycles. The van der Waals surface area contributed by atoms with Crippen molar-refractivity contribution in [3.05, 3.63) is 183 Å². The van der Waals surface area contributed by atoms with Crippen LogP contribution in [-0.2, 0) is 17.3 Å². The number of anilines is 8. The van der Waals surface area contributed by atoms with E-state index in [1.807, 2.05) is 78.0 Å². The number of pyridine rings is 3. The Morgan fingerprint density at radius 2 is 0.846 bits per heavy atom. The summed E-state index contributed by atoms with van der Waals surface area (Å²) in [6, 6.07) is 52.9. The van der Waals surface area contributed by atoms with Crippen LogP contribution < -0.4 is 24.3 Å². The largest absolute Gasteiger partial charge is 0.255 e. The molecule has 0 amide bonds. The standard InChI is InChI=1S/C32H25N5O.C10H8N2.ClH.Ru/c1-38-26-20-31(36-22-34(24-12-4-2-5-13-24)27-16-8-10-18-29(27)36)33-32(21-26)37-23-35(25-14-6-3-7-15-25)28-17-9-11-19-30(28)37;1-3-7-11-9(5-1)10-6-2-4-8-12-10;;/h2-23H,1H3;1-8H;1H;/q-2;;;+3/p-1. The summed E-state index contributed by atoms with van der Waals surface area (Å²) in [4.78, 5) is 22.1. The molecule has 0 bridgehead atoms. The molecule has 0 radical (unpaired) electrons. The number of rotatable bonds is 6. The third-order valence-corrected chi connectivity index (χ3v) is 8.43. The number of ether oxygens (including phenoxy) is 1. The van der Waals surface area contributed by atoms with E-state index in [2.05, 4.69) is 150 Å². The van der Waals surface area contributed by atoms with E-state index in [1.165, 1.54) is 0 Å². The molecule has 10 heteroatoms. The molecule has 2 aliphatic rings. The summed E-state index contributed by atoms with van der Waals surface area (Å²) in [5.74, 6) is 2.28. The SMILES string of the molecule is COc1cc(N2[CH-]N(c3ccccc3)c3ccccc32)nc(N2[CH-]N(c3ccccc3)c3ccccc32)c1.[Cl][Ru+2].c1ccc(-c2ccccn2)nc1. The van der Waals surface area contributed by atoms with Gasteiger partial charge < -0.3 is 24.3 Å². The first-order valence-corrected chi connectivity index (χ1v) is 18.7. The van der Waals surface area contributed by atoms with Crippen molar-refractivity contribution in [3.63, 3.8) is 0 Å². The van der Waals surface area contributed by atoms with Gasteiger partial charge in [0.15, 0.2) is 0 Å². The average molecular weight is 788 g/mol. The number of para-hydroxylation sites is 6. The van der Waals surface area contributed by atoms with Crippen molar-refractivity contribution in [3.8, 4) is 17.1 Å². The van der Waals surface area contributed by atoms with Crippen molar-refractivity contribution in [2.24, 2.45) is 0 Å². The zero-order valence-corrected chi connectivity index (χ0v) is 30.6. The van der Waals surface area contributed by atoms with Gasteiger partial charge in [-0.1, -0.05) is 72.8 Å². The van der Waals surface area contributed by atoms with E-state index in [0.29, 0.717) is 0 Å². The van der Waals surface area contributed by atoms with E-state index >= 15 is 0 Å². The van der Waals surface area contributed by atoms with Gasteiger partial charge >= 0.3 is 27.0 Å². The van der Waals surface area contributed by atoms with Crippen LogP contribution in [0.1, 0.15) is 0 Å². The normalized spacial score (nSPS) is 12.6. The number of benzene rings is 4. The predicted molar refractivity (Wildman–Crippen MR) is 207 cm³/mol. The van der Waals surface area contributed by atoms with Gasteiger partial charge in [-0.3, -0.25) is 9.97 Å². The van der Waals surface area contributed by atoms with Crippen LogP contribution in [0.25, 0.3) is 11.4 Å². The second-order valence-corrected chi connectivity index (χ2v) is 11.5. The first kappa shape index (κ1) is 34.7. The number of nitrogens with zero attached hydrogens (tertiary/aromatic N) is 7. The van der Waals surface area contributed by atoms with Gasteiger partial charge in [0.05, 0.1) is 18.5 Å². The zero-order chi connectivity index (χ0) is 35.7. The van der Waals surface area contributed by atoms with Crippen LogP contribution in [0, 0.1) is 13.3 Å². The molecule has 9 rings (SSSR count). The number of aromatic nitrogens is 3. The molecular weight excluding hydrogens is 755 g/mol. The minimum absolute atomic E-state index is 0.734. The van der Waals surface area contributed by atoms with E-state index in [9.17, 15) is 0 Å². The molecule has 2 aliphatic heterocycles. The summed E-state index contributed by atoms with van der Waals surface area (Å²) in [7, 11) is 6.26. The van der Waals surface area contributed by atoms with Crippen LogP contribution in [0.15, 0.2) is 170 Å². The monoisotopic (exact) mass is 788 g/mol. The maximum Gasteiger partial charge on any atom is 0.0886 e. The Labute approximate surface area is 318 Å². The van der Waals surface area contributed by atoms with E-state index in [0.717, 1.165) is 62.9 Å². The van der Waals surface area contributed by atoms with Crippen molar-refractivity contribution in [2.45, 2.75) is 0 Å². The van der Waals surface area contributed by atoms with Gasteiger partial charge in [-0.25, -0.2) is 4.98 Å². The summed E-state index contributed by atoms with van der Waals surface area (Å²) in [5.41, 5.74) is 8.31. The molecule has 0 N–H and O–H groups in total. The molecule has 0 aliphatic carbocycles. The van der Waals surface area contributed by atoms with Gasteiger partial charge in [-0.2, -0.15) is 0 Å². The smallest absolute Gasteiger partial charge is 0.0886 e. The molecule has 4 aromatic carbocycles. The Bertz CT molecular complexity index is 2050. The molecule has 8 nitrogen and oxygen atoms in total. The second-order valence-electron chi connectivity index (χ2n) is 11.5. The Morgan fingerprint density at radius 1 is 0.481 bits per heavy atom. The van der Waals surface area contributed by atoms with Crippen molar-refractivity contribution in [2.75, 3.05) is 26.7 Å². The fraction of sp³-hybridized carbons (Fsp3) is 0.0238. The number of halogens is 1. The second kappa shape index (κ2) is 16.5. The van der Waals surface area contributed by atoms with E-state index in [1.54, 1.807) is 19.5 Å². The van der Waals surface area contributed by atoms with Gasteiger partial charge in [0, 0.05) is 58.7 Å². The third-order valence-electron chi connectivity index (χ3n) is 8.43. The number of methoxy groups -OCH3 is 1. The molecule has 257 valence electrons. The minimum Gasteiger partial charge on any atom is -0.255 e. The zero-order valence-electron chi connectivity index (χ0n) is 28.1. The maximum atomic E-state index is 5.77. The number of fused-ring (bicyclic) bond motifs is 2. The molecule has 52 heavy (non-hydrogen) atoms. The van der Waals surface area contributed by atoms with E-state index in [-0.39, 0.29) is 0 Å². The predicted octanol–water partition coefficient (Wildman–Crippen LogP) is 10.7. The average Bonchev–Trinajstić information content (AvgIpc) is 3.83. The first-order valence-electron chi connectivity index (χ1n) is 16.4. The number of hydrogen-bond acceptors (Lipinski definition) is 8. The fourth-order valence-corrected chi connectivity index (χ4v) is 6.05. The summed E-state index contributed by atoms with van der Waals surface area (Å²) in [5, 5.41) is 0. The van der Waals surface area contributed by atoms with E-state index in [4.69, 9.17) is 9.72 Å². The van der Waals surface area contributed by atoms with Gasteiger partial charge in [-0.05, 0) is 72.8 Å². The Hall–Kier alpha value is -5.76. The third kappa shape index (κ3) is 7.33. The fourth-order valence-electron chi connectivity index (χ4n) is 6.05. The van der Waals surface area contributed by atoms with Gasteiger partial charge in [0.1, 0.15) is 17.4 Å². The summed E-state index contributed by atoms with van der Waals surface area (Å²) in [6.07, 6.45) is 3.54. The van der Waals surface area contributed by atoms with Gasteiger partial charge in [-0.15, -0.1) is 13.3 Å². The number of hydrogen-bond donors (Lipinski definition) is 0. The van der Waals surface area contributed by atoms with Gasteiger partial charge in [0.2, 0.25) is 0 Å². The summed E-state index contributed by atoms with van der Waals surface area (Å²) >= 11 is 1.82. The molecule has 0 fully saturated rings. The molecule has 0 spiro atoms. The molecule has 0 saturated heterocycles. The molecule has 3 aromatic heterocycles. The molecule has 0 atom stereocenters. The Kier molecular flexibility index (Phi) is 11.0. The van der Waals surface area contributed by atoms with E-state index < -0.39 is 0 Å². The first-order chi connectivity index (χ1) is 25.8. The van der Waals surface area contributed by atoms with Crippen LogP contribution in [0.5, 0.6) is 5.75 Å². The maximum absolute atomic E-state index is 5.77. The Balaban J connectivity index is 0.000000253. The van der Waals surface area contributed by atoms with Crippen molar-refractivity contribution in [1.29, 1.82) is 0 Å². The van der Waals surface area contributed by atoms with Crippen LogP contribution in [-0.4, -0.2) is 22.1 Å². The topological polar surface area (TPSA) is 60.9 Å². The van der Waals surface area contributed by atoms with Crippen molar-refractivity contribution < 1.29 is 22.0 Å². The summed E-state index contributed by atoms with van der Waals surface area (Å²) in [6.45, 7) is 4.17. The quantitative estimate of drug-likeness (QED) is 0.122. The van der Waals surface area contributed by atoms with Crippen LogP contribution in [0.2, 0.25) is 0 Å². The summed E-state index contributed by atoms with van der Waals surface area (Å²) < 4.78 is 5.77. The van der Waals surface area contributed by atoms with Crippen molar-refractivity contribution in [1.82, 2.24) is 15.0 Å². The molecule has 0 unspecified atom stereocenters.